The molecule has 1 amide bonds. The minimum absolute atomic E-state index is 0.00306. The highest BCUT2D eigenvalue weighted by atomic mass is 32.1. The summed E-state index contributed by atoms with van der Waals surface area (Å²) in [5.74, 6) is 0.00306. The fourth-order valence-electron chi connectivity index (χ4n) is 3.46. The Labute approximate surface area is 152 Å². The van der Waals surface area contributed by atoms with E-state index in [0.717, 1.165) is 27.2 Å². The van der Waals surface area contributed by atoms with Crippen molar-refractivity contribution < 1.29 is 4.79 Å². The molecule has 3 rings (SSSR count). The number of H-pyrrole nitrogens is 1. The summed E-state index contributed by atoms with van der Waals surface area (Å²) in [5, 5.41) is 2.16. The maximum Gasteiger partial charge on any atom is 0.270 e. The Morgan fingerprint density at radius 1 is 1.20 bits per heavy atom. The standard InChI is InChI=1S/C20H25N3OS/c1-10-8-11(2)17-16(9-10)12(3)18(22-17)20(24)23(7)13(4)19-14(5)25-15(6)21-19/h8-9,13,22H,1-7H3/t13-/m0/s1. The molecular formula is C20H25N3OS. The number of thiazole rings is 1. The molecule has 132 valence electrons. The van der Waals surface area contributed by atoms with Crippen molar-refractivity contribution in [3.05, 3.63) is 50.1 Å². The van der Waals surface area contributed by atoms with Gasteiger partial charge in [-0.05, 0) is 58.7 Å². The average molecular weight is 356 g/mol. The van der Waals surface area contributed by atoms with Crippen LogP contribution in [0.25, 0.3) is 10.9 Å². The van der Waals surface area contributed by atoms with E-state index >= 15 is 0 Å². The quantitative estimate of drug-likeness (QED) is 0.719. The molecule has 0 saturated heterocycles. The van der Waals surface area contributed by atoms with Crippen molar-refractivity contribution in [2.45, 2.75) is 47.6 Å². The molecule has 0 radical (unpaired) electrons. The van der Waals surface area contributed by atoms with Gasteiger partial charge in [0.2, 0.25) is 0 Å². The van der Waals surface area contributed by atoms with Crippen molar-refractivity contribution in [3.63, 3.8) is 0 Å². The second-order valence-corrected chi connectivity index (χ2v) is 8.30. The minimum Gasteiger partial charge on any atom is -0.350 e. The van der Waals surface area contributed by atoms with Crippen molar-refractivity contribution in [3.8, 4) is 0 Å². The number of hydrogen-bond acceptors (Lipinski definition) is 3. The molecule has 4 nitrogen and oxygen atoms in total. The molecule has 0 aliphatic carbocycles. The number of carbonyl (C=O) groups excluding carboxylic acids is 1. The lowest BCUT2D eigenvalue weighted by atomic mass is 10.1. The van der Waals surface area contributed by atoms with Crippen LogP contribution in [-0.2, 0) is 0 Å². The van der Waals surface area contributed by atoms with Crippen LogP contribution in [0.2, 0.25) is 0 Å². The summed E-state index contributed by atoms with van der Waals surface area (Å²) >= 11 is 1.68. The first-order valence-electron chi connectivity index (χ1n) is 8.51. The Bertz CT molecular complexity index is 967. The molecule has 0 saturated carbocycles. The lowest BCUT2D eigenvalue weighted by molar-refractivity contribution is 0.0734. The van der Waals surface area contributed by atoms with Gasteiger partial charge in [0.05, 0.1) is 16.7 Å². The van der Waals surface area contributed by atoms with E-state index in [0.29, 0.717) is 5.69 Å². The van der Waals surface area contributed by atoms with Crippen molar-refractivity contribution >= 4 is 28.1 Å². The molecule has 2 heterocycles. The number of nitrogens with zero attached hydrogens (tertiary/aromatic N) is 2. The van der Waals surface area contributed by atoms with Crippen molar-refractivity contribution in [1.29, 1.82) is 0 Å². The Morgan fingerprint density at radius 2 is 1.88 bits per heavy atom. The zero-order chi connectivity index (χ0) is 18.5. The second kappa shape index (κ2) is 6.30. The number of hydrogen-bond donors (Lipinski definition) is 1. The van der Waals surface area contributed by atoms with Crippen LogP contribution in [0.1, 0.15) is 55.7 Å². The number of amides is 1. The summed E-state index contributed by atoms with van der Waals surface area (Å²) in [5.41, 5.74) is 6.09. The SMILES string of the molecule is Cc1cc(C)c2[nH]c(C(=O)N(C)[C@@H](C)c3nc(C)sc3C)c(C)c2c1. The molecule has 1 aromatic carbocycles. The van der Waals surface area contributed by atoms with Crippen LogP contribution in [0.3, 0.4) is 0 Å². The van der Waals surface area contributed by atoms with Crippen LogP contribution >= 0.6 is 11.3 Å². The molecule has 25 heavy (non-hydrogen) atoms. The fourth-order valence-corrected chi connectivity index (χ4v) is 4.37. The van der Waals surface area contributed by atoms with Crippen molar-refractivity contribution in [1.82, 2.24) is 14.9 Å². The van der Waals surface area contributed by atoms with E-state index in [1.165, 1.54) is 16.0 Å². The van der Waals surface area contributed by atoms with E-state index in [4.69, 9.17) is 0 Å². The van der Waals surface area contributed by atoms with Crippen molar-refractivity contribution in [2.75, 3.05) is 7.05 Å². The number of benzene rings is 1. The molecule has 0 aliphatic rings. The van der Waals surface area contributed by atoms with Crippen LogP contribution in [0.15, 0.2) is 12.1 Å². The highest BCUT2D eigenvalue weighted by molar-refractivity contribution is 7.11. The maximum absolute atomic E-state index is 13.1. The zero-order valence-electron chi connectivity index (χ0n) is 15.9. The Balaban J connectivity index is 2.00. The number of fused-ring (bicyclic) bond motifs is 1. The number of aromatic amines is 1. The smallest absolute Gasteiger partial charge is 0.270 e. The predicted octanol–water partition coefficient (Wildman–Crippen LogP) is 5.00. The second-order valence-electron chi connectivity index (χ2n) is 6.90. The van der Waals surface area contributed by atoms with Crippen molar-refractivity contribution in [2.24, 2.45) is 0 Å². The number of rotatable bonds is 3. The van der Waals surface area contributed by atoms with Gasteiger partial charge in [-0.3, -0.25) is 4.79 Å². The van der Waals surface area contributed by atoms with Gasteiger partial charge in [0, 0.05) is 22.8 Å². The number of carbonyl (C=O) groups is 1. The van der Waals surface area contributed by atoms with Gasteiger partial charge in [-0.1, -0.05) is 11.6 Å². The first kappa shape index (κ1) is 17.7. The summed E-state index contributed by atoms with van der Waals surface area (Å²) in [7, 11) is 1.85. The molecule has 1 N–H and O–H groups in total. The number of aryl methyl sites for hydroxylation is 5. The van der Waals surface area contributed by atoms with Crippen LogP contribution in [0, 0.1) is 34.6 Å². The van der Waals surface area contributed by atoms with E-state index in [9.17, 15) is 4.79 Å². The first-order valence-corrected chi connectivity index (χ1v) is 9.33. The Kier molecular flexibility index (Phi) is 4.45. The summed E-state index contributed by atoms with van der Waals surface area (Å²) < 4.78 is 0. The molecular weight excluding hydrogens is 330 g/mol. The molecule has 1 atom stereocenters. The predicted molar refractivity (Wildman–Crippen MR) is 105 cm³/mol. The molecule has 0 unspecified atom stereocenters. The van der Waals surface area contributed by atoms with Gasteiger partial charge >= 0.3 is 0 Å². The number of aromatic nitrogens is 2. The van der Waals surface area contributed by atoms with E-state index < -0.39 is 0 Å². The van der Waals surface area contributed by atoms with Gasteiger partial charge in [-0.25, -0.2) is 4.98 Å². The van der Waals surface area contributed by atoms with Gasteiger partial charge in [-0.15, -0.1) is 11.3 Å². The fraction of sp³-hybridized carbons (Fsp3) is 0.400. The first-order chi connectivity index (χ1) is 11.7. The van der Waals surface area contributed by atoms with Crippen LogP contribution < -0.4 is 0 Å². The minimum atomic E-state index is -0.0638. The third-order valence-electron chi connectivity index (χ3n) is 4.96. The molecule has 3 aromatic rings. The molecule has 5 heteroatoms. The molecule has 0 spiro atoms. The summed E-state index contributed by atoms with van der Waals surface area (Å²) in [6, 6.07) is 4.22. The summed E-state index contributed by atoms with van der Waals surface area (Å²) in [6.45, 7) is 12.3. The molecule has 0 fully saturated rings. The third-order valence-corrected chi connectivity index (χ3v) is 5.86. The van der Waals surface area contributed by atoms with Gasteiger partial charge in [0.1, 0.15) is 5.69 Å². The molecule has 0 aliphatic heterocycles. The van der Waals surface area contributed by atoms with Gasteiger partial charge in [-0.2, -0.15) is 0 Å². The molecule has 0 bridgehead atoms. The maximum atomic E-state index is 13.1. The van der Waals surface area contributed by atoms with Gasteiger partial charge in [0.25, 0.3) is 5.91 Å². The van der Waals surface area contributed by atoms with Gasteiger partial charge < -0.3 is 9.88 Å². The van der Waals surface area contributed by atoms with E-state index in [1.807, 2.05) is 27.8 Å². The highest BCUT2D eigenvalue weighted by Crippen LogP contribution is 2.30. The van der Waals surface area contributed by atoms with E-state index in [-0.39, 0.29) is 11.9 Å². The monoisotopic (exact) mass is 355 g/mol. The van der Waals surface area contributed by atoms with E-state index in [1.54, 1.807) is 16.2 Å². The Morgan fingerprint density at radius 3 is 2.48 bits per heavy atom. The number of nitrogens with one attached hydrogen (secondary N) is 1. The van der Waals surface area contributed by atoms with Crippen LogP contribution in [-0.4, -0.2) is 27.8 Å². The van der Waals surface area contributed by atoms with Crippen LogP contribution in [0.4, 0.5) is 0 Å². The lowest BCUT2D eigenvalue weighted by Crippen LogP contribution is -2.31. The largest absolute Gasteiger partial charge is 0.350 e. The Hall–Kier alpha value is -2.14. The molecule has 2 aromatic heterocycles. The zero-order valence-corrected chi connectivity index (χ0v) is 16.8. The third kappa shape index (κ3) is 2.97. The summed E-state index contributed by atoms with van der Waals surface area (Å²) in [6.07, 6.45) is 0. The lowest BCUT2D eigenvalue weighted by Gasteiger charge is -2.24. The van der Waals surface area contributed by atoms with Crippen LogP contribution in [0.5, 0.6) is 0 Å². The topological polar surface area (TPSA) is 49.0 Å². The van der Waals surface area contributed by atoms with Gasteiger partial charge in [0.15, 0.2) is 0 Å². The average Bonchev–Trinajstić information content (AvgIpc) is 3.05. The summed E-state index contributed by atoms with van der Waals surface area (Å²) in [4.78, 5) is 24.1. The highest BCUT2D eigenvalue weighted by Gasteiger charge is 2.25. The normalized spacial score (nSPS) is 12.6. The van der Waals surface area contributed by atoms with E-state index in [2.05, 4.69) is 42.9 Å².